The highest BCUT2D eigenvalue weighted by molar-refractivity contribution is 6.09. The fourth-order valence-corrected chi connectivity index (χ4v) is 3.63. The highest BCUT2D eigenvalue weighted by atomic mass is 19.1. The van der Waals surface area contributed by atoms with Gasteiger partial charge < -0.3 is 20.1 Å². The lowest BCUT2D eigenvalue weighted by Gasteiger charge is -2.27. The van der Waals surface area contributed by atoms with Crippen molar-refractivity contribution in [1.82, 2.24) is 10.2 Å². The molecule has 9 heteroatoms. The lowest BCUT2D eigenvalue weighted by atomic mass is 10.00. The minimum absolute atomic E-state index is 0.0103. The van der Waals surface area contributed by atoms with Gasteiger partial charge in [-0.1, -0.05) is 32.0 Å². The molecule has 1 fully saturated rings. The number of carbonyl (C=O) groups excluding carboxylic acids is 3. The quantitative estimate of drug-likeness (QED) is 0.444. The lowest BCUT2D eigenvalue weighted by molar-refractivity contribution is -0.135. The van der Waals surface area contributed by atoms with Crippen LogP contribution in [-0.4, -0.2) is 49.1 Å². The second-order valence-corrected chi connectivity index (χ2v) is 8.16. The van der Waals surface area contributed by atoms with Crippen molar-refractivity contribution < 1.29 is 28.2 Å². The smallest absolute Gasteiger partial charge is 0.325 e. The summed E-state index contributed by atoms with van der Waals surface area (Å²) in [6, 6.07) is 8.44. The third-order valence-electron chi connectivity index (χ3n) is 5.30. The van der Waals surface area contributed by atoms with Gasteiger partial charge in [-0.05, 0) is 48.2 Å². The summed E-state index contributed by atoms with van der Waals surface area (Å²) in [5.41, 5.74) is 1.25. The van der Waals surface area contributed by atoms with Crippen LogP contribution in [0.5, 0.6) is 5.75 Å². The first kappa shape index (κ1) is 24.2. The molecule has 33 heavy (non-hydrogen) atoms. The summed E-state index contributed by atoms with van der Waals surface area (Å²) in [7, 11) is 1.58. The van der Waals surface area contributed by atoms with E-state index in [9.17, 15) is 18.8 Å². The maximum atomic E-state index is 14.2. The predicted molar refractivity (Wildman–Crippen MR) is 120 cm³/mol. The molecule has 1 aliphatic rings. The fraction of sp³-hybridized carbons (Fsp3) is 0.375. The molecule has 0 radical (unpaired) electrons. The number of amides is 4. The van der Waals surface area contributed by atoms with E-state index in [1.807, 2.05) is 0 Å². The summed E-state index contributed by atoms with van der Waals surface area (Å²) in [5.74, 6) is -1.58. The number of imide groups is 1. The van der Waals surface area contributed by atoms with E-state index in [0.717, 1.165) is 4.90 Å². The second-order valence-electron chi connectivity index (χ2n) is 8.16. The van der Waals surface area contributed by atoms with E-state index >= 15 is 0 Å². The molecule has 176 valence electrons. The number of nitrogens with one attached hydrogen (secondary N) is 2. The first-order valence-electron chi connectivity index (χ1n) is 10.6. The molecule has 0 bridgehead atoms. The van der Waals surface area contributed by atoms with Gasteiger partial charge in [0.1, 0.15) is 30.3 Å². The molecule has 0 aromatic heterocycles. The van der Waals surface area contributed by atoms with E-state index in [4.69, 9.17) is 9.47 Å². The van der Waals surface area contributed by atoms with Crippen LogP contribution in [0.4, 0.5) is 14.9 Å². The molecule has 0 spiro atoms. The van der Waals surface area contributed by atoms with Crippen molar-refractivity contribution >= 4 is 23.5 Å². The highest BCUT2D eigenvalue weighted by Crippen LogP contribution is 2.28. The van der Waals surface area contributed by atoms with Gasteiger partial charge in [-0.25, -0.2) is 14.1 Å². The molecule has 2 N–H and O–H groups in total. The third-order valence-corrected chi connectivity index (χ3v) is 5.30. The molecule has 0 aliphatic carbocycles. The normalized spacial score (nSPS) is 16.7. The average Bonchev–Trinajstić information content (AvgIpc) is 3.05. The molecule has 8 nitrogen and oxygen atoms in total. The number of urea groups is 1. The molecular formula is C24H28FN3O5. The zero-order valence-electron chi connectivity index (χ0n) is 19.1. The molecule has 2 atom stereocenters. The van der Waals surface area contributed by atoms with E-state index in [2.05, 4.69) is 10.6 Å². The Kier molecular flexibility index (Phi) is 7.65. The maximum Gasteiger partial charge on any atom is 0.325 e. The van der Waals surface area contributed by atoms with Crippen LogP contribution < -0.4 is 15.4 Å². The molecule has 0 saturated carbocycles. The summed E-state index contributed by atoms with van der Waals surface area (Å²) in [5, 5.41) is 5.15. The number of nitrogens with zero attached hydrogens (tertiary/aromatic N) is 1. The highest BCUT2D eigenvalue weighted by Gasteiger charge is 2.46. The Morgan fingerprint density at radius 2 is 1.85 bits per heavy atom. The van der Waals surface area contributed by atoms with Crippen molar-refractivity contribution in [1.29, 1.82) is 0 Å². The van der Waals surface area contributed by atoms with E-state index < -0.39 is 41.7 Å². The largest absolute Gasteiger partial charge is 0.491 e. The first-order valence-corrected chi connectivity index (χ1v) is 10.6. The topological polar surface area (TPSA) is 97.0 Å². The number of benzene rings is 2. The van der Waals surface area contributed by atoms with Crippen LogP contribution in [0.25, 0.3) is 0 Å². The van der Waals surface area contributed by atoms with E-state index in [1.165, 1.54) is 12.1 Å². The van der Waals surface area contributed by atoms with Crippen LogP contribution in [0.15, 0.2) is 42.5 Å². The van der Waals surface area contributed by atoms with Crippen molar-refractivity contribution in [3.05, 3.63) is 59.4 Å². The Morgan fingerprint density at radius 1 is 1.15 bits per heavy atom. The van der Waals surface area contributed by atoms with Gasteiger partial charge in [0.25, 0.3) is 5.91 Å². The van der Waals surface area contributed by atoms with Gasteiger partial charge in [0, 0.05) is 7.11 Å². The van der Waals surface area contributed by atoms with Gasteiger partial charge in [0.2, 0.25) is 5.91 Å². The summed E-state index contributed by atoms with van der Waals surface area (Å²) >= 11 is 0. The monoisotopic (exact) mass is 457 g/mol. The number of rotatable bonds is 9. The van der Waals surface area contributed by atoms with Gasteiger partial charge in [-0.15, -0.1) is 0 Å². The van der Waals surface area contributed by atoms with E-state index in [-0.39, 0.29) is 5.69 Å². The van der Waals surface area contributed by atoms with Crippen LogP contribution in [0.3, 0.4) is 0 Å². The molecule has 2 aromatic carbocycles. The molecule has 1 saturated heterocycles. The Bertz CT molecular complexity index is 1030. The van der Waals surface area contributed by atoms with Gasteiger partial charge >= 0.3 is 6.03 Å². The summed E-state index contributed by atoms with van der Waals surface area (Å²) in [6.45, 7) is 6.00. The van der Waals surface area contributed by atoms with E-state index in [0.29, 0.717) is 30.1 Å². The van der Waals surface area contributed by atoms with Crippen LogP contribution in [-0.2, 0) is 14.3 Å². The van der Waals surface area contributed by atoms with Gasteiger partial charge in [-0.2, -0.15) is 0 Å². The van der Waals surface area contributed by atoms with Crippen molar-refractivity contribution in [2.45, 2.75) is 32.9 Å². The Labute approximate surface area is 192 Å². The summed E-state index contributed by atoms with van der Waals surface area (Å²) in [6.07, 6.45) is 0. The SMILES string of the molecule is COCCOc1ccc([C@H]2NC(=O)N(C(C(=O)Nc3ccc(C)cc3F)C(C)C)C2=O)cc1. The molecule has 2 aromatic rings. The zero-order chi connectivity index (χ0) is 24.1. The maximum absolute atomic E-state index is 14.2. The number of aryl methyl sites for hydroxylation is 1. The number of ether oxygens (including phenoxy) is 2. The first-order chi connectivity index (χ1) is 15.7. The molecule has 1 aliphatic heterocycles. The van der Waals surface area contributed by atoms with Crippen LogP contribution in [0.1, 0.15) is 31.0 Å². The number of hydrogen-bond acceptors (Lipinski definition) is 5. The van der Waals surface area contributed by atoms with Crippen LogP contribution >= 0.6 is 0 Å². The van der Waals surface area contributed by atoms with Crippen molar-refractivity contribution in [2.24, 2.45) is 5.92 Å². The van der Waals surface area contributed by atoms with Crippen LogP contribution in [0.2, 0.25) is 0 Å². The Hall–Kier alpha value is -3.46. The number of halogens is 1. The van der Waals surface area contributed by atoms with Gasteiger partial charge in [0.05, 0.1) is 12.3 Å². The number of hydrogen-bond donors (Lipinski definition) is 2. The fourth-order valence-electron chi connectivity index (χ4n) is 3.63. The summed E-state index contributed by atoms with van der Waals surface area (Å²) in [4.78, 5) is 39.8. The number of anilines is 1. The van der Waals surface area contributed by atoms with Gasteiger partial charge in [0.15, 0.2) is 0 Å². The van der Waals surface area contributed by atoms with Crippen molar-refractivity contribution in [3.63, 3.8) is 0 Å². The van der Waals surface area contributed by atoms with E-state index in [1.54, 1.807) is 58.2 Å². The average molecular weight is 458 g/mol. The van der Waals surface area contributed by atoms with Gasteiger partial charge in [-0.3, -0.25) is 9.59 Å². The molecule has 4 amide bonds. The molecule has 1 heterocycles. The second kappa shape index (κ2) is 10.4. The number of methoxy groups -OCH3 is 1. The Balaban J connectivity index is 1.77. The molecule has 3 rings (SSSR count). The minimum Gasteiger partial charge on any atom is -0.491 e. The lowest BCUT2D eigenvalue weighted by Crippen LogP contribution is -2.50. The third kappa shape index (κ3) is 5.48. The van der Waals surface area contributed by atoms with Crippen molar-refractivity contribution in [2.75, 3.05) is 25.6 Å². The van der Waals surface area contributed by atoms with Crippen molar-refractivity contribution in [3.8, 4) is 5.75 Å². The standard InChI is InChI=1S/C24H28FN3O5/c1-14(2)21(22(29)26-19-10-5-15(3)13-18(19)25)28-23(30)20(27-24(28)31)16-6-8-17(9-7-16)33-12-11-32-4/h5-10,13-14,20-21H,11-12H2,1-4H3,(H,26,29)(H,27,31)/t20-,21?/m1/s1. The minimum atomic E-state index is -1.11. The number of carbonyl (C=O) groups is 3. The predicted octanol–water partition coefficient (Wildman–Crippen LogP) is 3.42. The Morgan fingerprint density at radius 3 is 2.45 bits per heavy atom. The molecule has 1 unspecified atom stereocenters. The summed E-state index contributed by atoms with van der Waals surface area (Å²) < 4.78 is 24.7. The molecular weight excluding hydrogens is 429 g/mol. The zero-order valence-corrected chi connectivity index (χ0v) is 19.1. The van der Waals surface area contributed by atoms with Crippen LogP contribution in [0, 0.1) is 18.7 Å².